The monoisotopic (exact) mass is 414 g/mol. The predicted octanol–water partition coefficient (Wildman–Crippen LogP) is 4.62. The number of thioether (sulfide) groups is 1. The summed E-state index contributed by atoms with van der Waals surface area (Å²) < 4.78 is 5.17. The van der Waals surface area contributed by atoms with Crippen molar-refractivity contribution in [2.24, 2.45) is 0 Å². The third kappa shape index (κ3) is 6.18. The molecule has 0 saturated heterocycles. The van der Waals surface area contributed by atoms with Crippen LogP contribution in [0.5, 0.6) is 0 Å². The van der Waals surface area contributed by atoms with Gasteiger partial charge in [-0.25, -0.2) is 0 Å². The van der Waals surface area contributed by atoms with Crippen LogP contribution in [0.3, 0.4) is 0 Å². The first-order valence-electron chi connectivity index (χ1n) is 8.69. The Morgan fingerprint density at radius 2 is 1.71 bits per heavy atom. The Bertz CT molecular complexity index is 910. The summed E-state index contributed by atoms with van der Waals surface area (Å²) in [5.41, 5.74) is 6.41. The zero-order chi connectivity index (χ0) is 19.8. The van der Waals surface area contributed by atoms with Crippen molar-refractivity contribution < 1.29 is 14.0 Å². The maximum absolute atomic E-state index is 12.1. The van der Waals surface area contributed by atoms with Crippen molar-refractivity contribution in [1.82, 2.24) is 10.9 Å². The topological polar surface area (TPSA) is 71.3 Å². The van der Waals surface area contributed by atoms with Gasteiger partial charge in [0.25, 0.3) is 5.91 Å². The fraction of sp³-hybridized carbons (Fsp3) is 0.143. The Morgan fingerprint density at radius 1 is 0.964 bits per heavy atom. The van der Waals surface area contributed by atoms with E-state index in [9.17, 15) is 9.59 Å². The van der Waals surface area contributed by atoms with Gasteiger partial charge in [0.15, 0.2) is 0 Å². The number of aryl methyl sites for hydroxylation is 1. The van der Waals surface area contributed by atoms with Gasteiger partial charge in [-0.15, -0.1) is 11.8 Å². The summed E-state index contributed by atoms with van der Waals surface area (Å²) in [5, 5.41) is 0.716. The summed E-state index contributed by atoms with van der Waals surface area (Å²) >= 11 is 7.58. The van der Waals surface area contributed by atoms with Crippen molar-refractivity contribution in [3.05, 3.63) is 88.8 Å². The van der Waals surface area contributed by atoms with E-state index in [0.717, 1.165) is 22.0 Å². The SMILES string of the molecule is O=C(CCc1ccco1)NNC(=O)c1ccc(CSc2ccc(Cl)cc2)cc1. The van der Waals surface area contributed by atoms with Crippen LogP contribution < -0.4 is 10.9 Å². The lowest BCUT2D eigenvalue weighted by Crippen LogP contribution is -2.41. The number of nitrogens with one attached hydrogen (secondary N) is 2. The van der Waals surface area contributed by atoms with E-state index in [1.54, 1.807) is 42.3 Å². The highest BCUT2D eigenvalue weighted by molar-refractivity contribution is 7.98. The lowest BCUT2D eigenvalue weighted by Gasteiger charge is -2.08. The summed E-state index contributed by atoms with van der Waals surface area (Å²) in [7, 11) is 0. The molecule has 0 fully saturated rings. The van der Waals surface area contributed by atoms with Crippen molar-refractivity contribution in [3.63, 3.8) is 0 Å². The van der Waals surface area contributed by atoms with E-state index in [-0.39, 0.29) is 18.2 Å². The van der Waals surface area contributed by atoms with Crippen LogP contribution in [0.1, 0.15) is 28.1 Å². The molecular formula is C21H19ClN2O3S. The molecule has 2 N–H and O–H groups in total. The van der Waals surface area contributed by atoms with E-state index in [2.05, 4.69) is 10.9 Å². The molecule has 0 aliphatic rings. The Kier molecular flexibility index (Phi) is 7.17. The summed E-state index contributed by atoms with van der Waals surface area (Å²) in [6.45, 7) is 0. The number of rotatable bonds is 7. The molecule has 0 aliphatic heterocycles. The highest BCUT2D eigenvalue weighted by atomic mass is 35.5. The van der Waals surface area contributed by atoms with Gasteiger partial charge in [-0.3, -0.25) is 20.4 Å². The van der Waals surface area contributed by atoms with E-state index in [1.165, 1.54) is 0 Å². The molecule has 7 heteroatoms. The Morgan fingerprint density at radius 3 is 2.39 bits per heavy atom. The molecule has 2 aromatic carbocycles. The van der Waals surface area contributed by atoms with Gasteiger partial charge in [-0.2, -0.15) is 0 Å². The molecule has 1 heterocycles. The molecule has 0 bridgehead atoms. The van der Waals surface area contributed by atoms with Crippen LogP contribution in [0, 0.1) is 0 Å². The molecule has 1 aromatic heterocycles. The van der Waals surface area contributed by atoms with Crippen LogP contribution in [0.2, 0.25) is 5.02 Å². The second kappa shape index (κ2) is 10.0. The van der Waals surface area contributed by atoms with Gasteiger partial charge in [-0.05, 0) is 54.1 Å². The second-order valence-electron chi connectivity index (χ2n) is 6.02. The van der Waals surface area contributed by atoms with Crippen LogP contribution in [0.25, 0.3) is 0 Å². The lowest BCUT2D eigenvalue weighted by atomic mass is 10.1. The van der Waals surface area contributed by atoms with Crippen molar-refractivity contribution in [2.45, 2.75) is 23.5 Å². The first kappa shape index (κ1) is 20.0. The standard InChI is InChI=1S/C21H19ClN2O3S/c22-17-7-10-19(11-8-17)28-14-15-3-5-16(6-4-15)21(26)24-23-20(25)12-9-18-2-1-13-27-18/h1-8,10-11,13H,9,12,14H2,(H,23,25)(H,24,26). The van der Waals surface area contributed by atoms with Crippen LogP contribution in [0.15, 0.2) is 76.2 Å². The number of hydrogen-bond acceptors (Lipinski definition) is 4. The Hall–Kier alpha value is -2.70. The normalized spacial score (nSPS) is 10.5. The predicted molar refractivity (Wildman–Crippen MR) is 110 cm³/mol. The highest BCUT2D eigenvalue weighted by Crippen LogP contribution is 2.24. The first-order chi connectivity index (χ1) is 13.6. The fourth-order valence-corrected chi connectivity index (χ4v) is 3.38. The van der Waals surface area contributed by atoms with Crippen LogP contribution >= 0.6 is 23.4 Å². The van der Waals surface area contributed by atoms with Crippen LogP contribution in [-0.4, -0.2) is 11.8 Å². The molecule has 5 nitrogen and oxygen atoms in total. The first-order valence-corrected chi connectivity index (χ1v) is 10.1. The van der Waals surface area contributed by atoms with Gasteiger partial charge in [0.2, 0.25) is 5.91 Å². The molecule has 2 amide bonds. The molecule has 28 heavy (non-hydrogen) atoms. The van der Waals surface area contributed by atoms with Gasteiger partial charge in [0.05, 0.1) is 6.26 Å². The lowest BCUT2D eigenvalue weighted by molar-refractivity contribution is -0.121. The van der Waals surface area contributed by atoms with E-state index in [4.69, 9.17) is 16.0 Å². The summed E-state index contributed by atoms with van der Waals surface area (Å²) in [4.78, 5) is 25.1. The minimum atomic E-state index is -0.358. The highest BCUT2D eigenvalue weighted by Gasteiger charge is 2.08. The number of hydrogen-bond donors (Lipinski definition) is 2. The van der Waals surface area contributed by atoms with Crippen LogP contribution in [-0.2, 0) is 17.0 Å². The Labute approximate surface area is 172 Å². The molecule has 0 spiro atoms. The number of amides is 2. The van der Waals surface area contributed by atoms with E-state index >= 15 is 0 Å². The molecule has 0 radical (unpaired) electrons. The average molecular weight is 415 g/mol. The number of halogens is 1. The molecule has 0 unspecified atom stereocenters. The third-order valence-electron chi connectivity index (χ3n) is 3.93. The van der Waals surface area contributed by atoms with Crippen LogP contribution in [0.4, 0.5) is 0 Å². The van der Waals surface area contributed by atoms with E-state index < -0.39 is 0 Å². The molecular weight excluding hydrogens is 396 g/mol. The number of carbonyl (C=O) groups is 2. The minimum absolute atomic E-state index is 0.231. The molecule has 0 atom stereocenters. The molecule has 0 saturated carbocycles. The summed E-state index contributed by atoms with van der Waals surface area (Å²) in [6.07, 6.45) is 2.27. The third-order valence-corrected chi connectivity index (χ3v) is 5.26. The maximum atomic E-state index is 12.1. The number of benzene rings is 2. The van der Waals surface area contributed by atoms with Crippen molar-refractivity contribution in [3.8, 4) is 0 Å². The number of hydrazine groups is 1. The minimum Gasteiger partial charge on any atom is -0.469 e. The van der Waals surface area contributed by atoms with Gasteiger partial charge in [0.1, 0.15) is 5.76 Å². The largest absolute Gasteiger partial charge is 0.469 e. The maximum Gasteiger partial charge on any atom is 0.269 e. The quantitative estimate of drug-likeness (QED) is 0.437. The number of furan rings is 1. The fourth-order valence-electron chi connectivity index (χ4n) is 2.40. The van der Waals surface area contributed by atoms with Gasteiger partial charge >= 0.3 is 0 Å². The van der Waals surface area contributed by atoms with Gasteiger partial charge in [0, 0.05) is 34.1 Å². The van der Waals surface area contributed by atoms with Gasteiger partial charge in [-0.1, -0.05) is 23.7 Å². The molecule has 0 aliphatic carbocycles. The summed E-state index contributed by atoms with van der Waals surface area (Å²) in [5.74, 6) is 0.880. The Balaban J connectivity index is 1.42. The van der Waals surface area contributed by atoms with Crippen molar-refractivity contribution >= 4 is 35.2 Å². The molecule has 3 aromatic rings. The number of carbonyl (C=O) groups excluding carboxylic acids is 2. The smallest absolute Gasteiger partial charge is 0.269 e. The molecule has 3 rings (SSSR count). The summed E-state index contributed by atoms with van der Waals surface area (Å²) in [6, 6.07) is 18.5. The van der Waals surface area contributed by atoms with Crippen molar-refractivity contribution in [1.29, 1.82) is 0 Å². The molecule has 144 valence electrons. The van der Waals surface area contributed by atoms with E-state index in [1.807, 2.05) is 36.4 Å². The second-order valence-corrected chi connectivity index (χ2v) is 7.51. The average Bonchev–Trinajstić information content (AvgIpc) is 3.24. The van der Waals surface area contributed by atoms with E-state index in [0.29, 0.717) is 17.0 Å². The van der Waals surface area contributed by atoms with Crippen molar-refractivity contribution in [2.75, 3.05) is 0 Å². The van der Waals surface area contributed by atoms with Gasteiger partial charge < -0.3 is 4.42 Å². The zero-order valence-electron chi connectivity index (χ0n) is 15.0. The zero-order valence-corrected chi connectivity index (χ0v) is 16.6.